The molecule has 3 N–H and O–H groups in total. The Labute approximate surface area is 184 Å². The molecule has 0 radical (unpaired) electrons. The lowest BCUT2D eigenvalue weighted by molar-refractivity contribution is -0.147. The van der Waals surface area contributed by atoms with Crippen LogP contribution in [0.15, 0.2) is 47.3 Å². The van der Waals surface area contributed by atoms with E-state index in [1.807, 2.05) is 0 Å². The SMILES string of the molecule is O=C1CC[C@H](n2[nH]c3cc(CNC(=O)C(F)(F)c4ccc(Cl)cc4)ccc3c2=O)C(=O)N1. The van der Waals surface area contributed by atoms with Crippen molar-refractivity contribution in [3.63, 3.8) is 0 Å². The number of piperidine rings is 1. The van der Waals surface area contributed by atoms with E-state index in [2.05, 4.69) is 15.7 Å². The maximum atomic E-state index is 14.4. The number of alkyl halides is 2. The molecule has 1 aromatic heterocycles. The van der Waals surface area contributed by atoms with Crippen LogP contribution in [0, 0.1) is 0 Å². The number of hydrogen-bond acceptors (Lipinski definition) is 4. The highest BCUT2D eigenvalue weighted by molar-refractivity contribution is 6.30. The lowest BCUT2D eigenvalue weighted by atomic mass is 10.1. The molecule has 0 saturated carbocycles. The van der Waals surface area contributed by atoms with E-state index in [0.29, 0.717) is 11.1 Å². The minimum atomic E-state index is -3.75. The smallest absolute Gasteiger partial charge is 0.346 e. The van der Waals surface area contributed by atoms with Gasteiger partial charge in [0.05, 0.1) is 10.9 Å². The summed E-state index contributed by atoms with van der Waals surface area (Å²) in [5.74, 6) is -6.21. The van der Waals surface area contributed by atoms with E-state index in [4.69, 9.17) is 11.6 Å². The highest BCUT2D eigenvalue weighted by Gasteiger charge is 2.40. The Morgan fingerprint density at radius 3 is 2.56 bits per heavy atom. The van der Waals surface area contributed by atoms with Gasteiger partial charge < -0.3 is 5.32 Å². The van der Waals surface area contributed by atoms with Crippen LogP contribution in [0.4, 0.5) is 8.78 Å². The van der Waals surface area contributed by atoms with Gasteiger partial charge in [0, 0.05) is 23.6 Å². The van der Waals surface area contributed by atoms with Crippen LogP contribution < -0.4 is 16.2 Å². The van der Waals surface area contributed by atoms with E-state index >= 15 is 0 Å². The van der Waals surface area contributed by atoms with Crippen molar-refractivity contribution in [1.29, 1.82) is 0 Å². The summed E-state index contributed by atoms with van der Waals surface area (Å²) in [7, 11) is 0. The Bertz CT molecular complexity index is 1280. The zero-order valence-corrected chi connectivity index (χ0v) is 17.2. The van der Waals surface area contributed by atoms with Crippen LogP contribution in [0.1, 0.15) is 30.0 Å². The maximum absolute atomic E-state index is 14.4. The number of carbonyl (C=O) groups excluding carboxylic acids is 3. The number of carbonyl (C=O) groups is 3. The molecule has 1 aliphatic rings. The fraction of sp³-hybridized carbons (Fsp3) is 0.238. The van der Waals surface area contributed by atoms with Crippen molar-refractivity contribution >= 4 is 40.2 Å². The van der Waals surface area contributed by atoms with Gasteiger partial charge in [0.25, 0.3) is 17.4 Å². The normalized spacial score (nSPS) is 16.8. The summed E-state index contributed by atoms with van der Waals surface area (Å²) in [6.07, 6.45) is 0.289. The second-order valence-corrected chi connectivity index (χ2v) is 7.83. The first-order valence-electron chi connectivity index (χ1n) is 9.66. The van der Waals surface area contributed by atoms with Gasteiger partial charge in [0.2, 0.25) is 5.91 Å². The Hall–Kier alpha value is -3.53. The van der Waals surface area contributed by atoms with Crippen molar-refractivity contribution < 1.29 is 23.2 Å². The van der Waals surface area contributed by atoms with Crippen molar-refractivity contribution in [1.82, 2.24) is 20.4 Å². The topological polar surface area (TPSA) is 113 Å². The highest BCUT2D eigenvalue weighted by atomic mass is 35.5. The third-order valence-electron chi connectivity index (χ3n) is 5.24. The minimum Gasteiger partial charge on any atom is -0.346 e. The number of H-pyrrole nitrogens is 1. The maximum Gasteiger partial charge on any atom is 0.349 e. The number of nitrogens with zero attached hydrogens (tertiary/aromatic N) is 1. The Kier molecular flexibility index (Phi) is 5.55. The molecule has 1 saturated heterocycles. The summed E-state index contributed by atoms with van der Waals surface area (Å²) in [6, 6.07) is 8.38. The molecule has 0 aliphatic carbocycles. The van der Waals surface area contributed by atoms with Crippen molar-refractivity contribution in [2.45, 2.75) is 31.4 Å². The van der Waals surface area contributed by atoms with E-state index in [1.54, 1.807) is 0 Å². The number of aromatic amines is 1. The molecule has 3 amide bonds. The van der Waals surface area contributed by atoms with Gasteiger partial charge in [0.1, 0.15) is 6.04 Å². The number of halogens is 3. The summed E-state index contributed by atoms with van der Waals surface area (Å²) >= 11 is 5.70. The van der Waals surface area contributed by atoms with Crippen molar-refractivity contribution in [3.8, 4) is 0 Å². The van der Waals surface area contributed by atoms with E-state index < -0.39 is 40.8 Å². The van der Waals surface area contributed by atoms with Crippen LogP contribution >= 0.6 is 11.6 Å². The highest BCUT2D eigenvalue weighted by Crippen LogP contribution is 2.29. The molecule has 0 bridgehead atoms. The van der Waals surface area contributed by atoms with Crippen LogP contribution in [0.3, 0.4) is 0 Å². The molecule has 2 heterocycles. The summed E-state index contributed by atoms with van der Waals surface area (Å²) in [4.78, 5) is 48.1. The number of fused-ring (bicyclic) bond motifs is 1. The largest absolute Gasteiger partial charge is 0.349 e. The van der Waals surface area contributed by atoms with Gasteiger partial charge >= 0.3 is 5.92 Å². The van der Waals surface area contributed by atoms with Crippen molar-refractivity contribution in [3.05, 3.63) is 69.0 Å². The lowest BCUT2D eigenvalue weighted by Crippen LogP contribution is -2.44. The first-order valence-corrected chi connectivity index (χ1v) is 10.0. The molecule has 1 aliphatic heterocycles. The van der Waals surface area contributed by atoms with E-state index in [9.17, 15) is 28.0 Å². The number of hydrogen-bond donors (Lipinski definition) is 3. The number of rotatable bonds is 5. The average Bonchev–Trinajstić information content (AvgIpc) is 3.08. The van der Waals surface area contributed by atoms with Gasteiger partial charge in [0.15, 0.2) is 0 Å². The molecule has 4 rings (SSSR count). The molecule has 11 heteroatoms. The molecule has 1 atom stereocenters. The van der Waals surface area contributed by atoms with E-state index in [0.717, 1.165) is 16.8 Å². The molecule has 166 valence electrons. The van der Waals surface area contributed by atoms with Crippen LogP contribution in [0.25, 0.3) is 10.9 Å². The van der Waals surface area contributed by atoms with E-state index in [-0.39, 0.29) is 29.8 Å². The van der Waals surface area contributed by atoms with Crippen LogP contribution in [-0.4, -0.2) is 27.5 Å². The Morgan fingerprint density at radius 2 is 1.88 bits per heavy atom. The van der Waals surface area contributed by atoms with Crippen molar-refractivity contribution in [2.75, 3.05) is 0 Å². The minimum absolute atomic E-state index is 0.108. The van der Waals surface area contributed by atoms with Crippen LogP contribution in [0.2, 0.25) is 5.02 Å². The van der Waals surface area contributed by atoms with Gasteiger partial charge in [-0.25, -0.2) is 4.68 Å². The zero-order valence-electron chi connectivity index (χ0n) is 16.5. The molecule has 0 unspecified atom stereocenters. The number of imide groups is 1. The predicted molar refractivity (Wildman–Crippen MR) is 111 cm³/mol. The third-order valence-corrected chi connectivity index (χ3v) is 5.49. The van der Waals surface area contributed by atoms with Gasteiger partial charge in [-0.15, -0.1) is 0 Å². The zero-order chi connectivity index (χ0) is 23.0. The quantitative estimate of drug-likeness (QED) is 0.505. The summed E-state index contributed by atoms with van der Waals surface area (Å²) in [5.41, 5.74) is -0.0924. The van der Waals surface area contributed by atoms with E-state index in [1.165, 1.54) is 30.3 Å². The number of benzene rings is 2. The Balaban J connectivity index is 1.51. The molecule has 8 nitrogen and oxygen atoms in total. The fourth-order valence-electron chi connectivity index (χ4n) is 3.52. The second kappa shape index (κ2) is 8.19. The van der Waals surface area contributed by atoms with Crippen molar-refractivity contribution in [2.24, 2.45) is 0 Å². The number of nitrogens with one attached hydrogen (secondary N) is 3. The fourth-order valence-corrected chi connectivity index (χ4v) is 3.65. The molecule has 1 fully saturated rings. The monoisotopic (exact) mass is 462 g/mol. The predicted octanol–water partition coefficient (Wildman–Crippen LogP) is 2.37. The molecule has 32 heavy (non-hydrogen) atoms. The van der Waals surface area contributed by atoms with Gasteiger partial charge in [-0.2, -0.15) is 8.78 Å². The standard InChI is InChI=1S/C21H17ClF2N4O4/c22-13-4-2-12(3-5-13)21(23,24)20(32)25-10-11-1-6-14-15(9-11)27-28(19(14)31)16-7-8-17(29)26-18(16)30/h1-6,9,16,27H,7-8,10H2,(H,25,32)(H,26,29,30)/t16-/m0/s1. The number of aromatic nitrogens is 2. The lowest BCUT2D eigenvalue weighted by Gasteiger charge is -2.20. The molecule has 0 spiro atoms. The average molecular weight is 463 g/mol. The van der Waals surface area contributed by atoms with Gasteiger partial charge in [-0.1, -0.05) is 29.8 Å². The molecule has 3 aromatic rings. The Morgan fingerprint density at radius 1 is 1.16 bits per heavy atom. The third kappa shape index (κ3) is 4.01. The first-order chi connectivity index (χ1) is 15.2. The van der Waals surface area contributed by atoms with Crippen LogP contribution in [0.5, 0.6) is 0 Å². The van der Waals surface area contributed by atoms with Gasteiger partial charge in [-0.05, 0) is 36.2 Å². The molecule has 2 aromatic carbocycles. The first kappa shape index (κ1) is 21.7. The summed E-state index contributed by atoms with van der Waals surface area (Å²) in [5, 5.41) is 7.77. The molecular formula is C21H17ClF2N4O4. The summed E-state index contributed by atoms with van der Waals surface area (Å²) in [6.45, 7) is -0.205. The van der Waals surface area contributed by atoms with Gasteiger partial charge in [-0.3, -0.25) is 29.6 Å². The summed E-state index contributed by atoms with van der Waals surface area (Å²) < 4.78 is 29.9. The molecular weight excluding hydrogens is 446 g/mol. The number of amides is 3. The van der Waals surface area contributed by atoms with Crippen LogP contribution in [-0.2, 0) is 26.9 Å². The second-order valence-electron chi connectivity index (χ2n) is 7.40.